The average Bonchev–Trinajstić information content (AvgIpc) is 2.47. The minimum absolute atomic E-state index is 0.348. The molecule has 104 valence electrons. The number of nitrogens with two attached hydrogens (primary N) is 1. The SMILES string of the molecule is Cc1ccc(N)c(C(=O)OCCCc2ccccc2)c1. The summed E-state index contributed by atoms with van der Waals surface area (Å²) in [7, 11) is 0. The third-order valence-corrected chi connectivity index (χ3v) is 3.11. The highest BCUT2D eigenvalue weighted by Crippen LogP contribution is 2.15. The minimum Gasteiger partial charge on any atom is -0.462 e. The maximum atomic E-state index is 11.9. The van der Waals surface area contributed by atoms with Gasteiger partial charge in [-0.15, -0.1) is 0 Å². The van der Waals surface area contributed by atoms with Gasteiger partial charge in [-0.3, -0.25) is 0 Å². The monoisotopic (exact) mass is 269 g/mol. The zero-order valence-corrected chi connectivity index (χ0v) is 11.6. The first kappa shape index (κ1) is 14.1. The van der Waals surface area contributed by atoms with Crippen LogP contribution in [0.5, 0.6) is 0 Å². The van der Waals surface area contributed by atoms with Crippen molar-refractivity contribution in [1.82, 2.24) is 0 Å². The van der Waals surface area contributed by atoms with Crippen LogP contribution in [0.3, 0.4) is 0 Å². The molecule has 0 unspecified atom stereocenters. The maximum Gasteiger partial charge on any atom is 0.340 e. The Bertz CT molecular complexity index is 579. The van der Waals surface area contributed by atoms with Gasteiger partial charge in [-0.2, -0.15) is 0 Å². The van der Waals surface area contributed by atoms with E-state index in [1.807, 2.05) is 31.2 Å². The molecular formula is C17H19NO2. The summed E-state index contributed by atoms with van der Waals surface area (Å²) in [5.41, 5.74) is 8.94. The number of hydrogen-bond acceptors (Lipinski definition) is 3. The van der Waals surface area contributed by atoms with Crippen LogP contribution in [0.1, 0.15) is 27.9 Å². The number of nitrogen functional groups attached to an aromatic ring is 1. The van der Waals surface area contributed by atoms with Crippen molar-refractivity contribution in [3.05, 3.63) is 65.2 Å². The molecule has 0 fully saturated rings. The molecule has 2 aromatic carbocycles. The van der Waals surface area contributed by atoms with Crippen LogP contribution in [-0.2, 0) is 11.2 Å². The first-order valence-corrected chi connectivity index (χ1v) is 6.74. The van der Waals surface area contributed by atoms with Crippen LogP contribution in [0, 0.1) is 6.92 Å². The molecule has 3 heteroatoms. The van der Waals surface area contributed by atoms with E-state index in [1.54, 1.807) is 12.1 Å². The Labute approximate surface area is 119 Å². The summed E-state index contributed by atoms with van der Waals surface area (Å²) in [4.78, 5) is 11.9. The fourth-order valence-electron chi connectivity index (χ4n) is 2.01. The second-order valence-electron chi connectivity index (χ2n) is 4.82. The van der Waals surface area contributed by atoms with E-state index in [4.69, 9.17) is 10.5 Å². The predicted octanol–water partition coefficient (Wildman–Crippen LogP) is 3.37. The van der Waals surface area contributed by atoms with Crippen LogP contribution in [0.25, 0.3) is 0 Å². The molecule has 0 saturated carbocycles. The number of ether oxygens (including phenoxy) is 1. The normalized spacial score (nSPS) is 10.2. The number of hydrogen-bond donors (Lipinski definition) is 1. The molecule has 0 aliphatic heterocycles. The van der Waals surface area contributed by atoms with Gasteiger partial charge in [-0.05, 0) is 37.5 Å². The van der Waals surface area contributed by atoms with Crippen molar-refractivity contribution in [2.24, 2.45) is 0 Å². The van der Waals surface area contributed by atoms with Gasteiger partial charge in [0.25, 0.3) is 0 Å². The van der Waals surface area contributed by atoms with Gasteiger partial charge in [0.15, 0.2) is 0 Å². The summed E-state index contributed by atoms with van der Waals surface area (Å²) in [5, 5.41) is 0. The van der Waals surface area contributed by atoms with E-state index < -0.39 is 0 Å². The lowest BCUT2D eigenvalue weighted by molar-refractivity contribution is 0.0502. The number of esters is 1. The molecule has 0 aliphatic carbocycles. The van der Waals surface area contributed by atoms with E-state index in [1.165, 1.54) is 5.56 Å². The van der Waals surface area contributed by atoms with Crippen molar-refractivity contribution in [3.63, 3.8) is 0 Å². The maximum absolute atomic E-state index is 11.9. The number of anilines is 1. The van der Waals surface area contributed by atoms with E-state index in [0.29, 0.717) is 17.9 Å². The summed E-state index contributed by atoms with van der Waals surface area (Å²) >= 11 is 0. The van der Waals surface area contributed by atoms with E-state index in [2.05, 4.69) is 12.1 Å². The zero-order chi connectivity index (χ0) is 14.4. The highest BCUT2D eigenvalue weighted by atomic mass is 16.5. The van der Waals surface area contributed by atoms with Gasteiger partial charge >= 0.3 is 5.97 Å². The van der Waals surface area contributed by atoms with Gasteiger partial charge in [-0.25, -0.2) is 4.79 Å². The Hall–Kier alpha value is -2.29. The largest absolute Gasteiger partial charge is 0.462 e. The van der Waals surface area contributed by atoms with Crippen LogP contribution < -0.4 is 5.73 Å². The molecule has 0 saturated heterocycles. The summed E-state index contributed by atoms with van der Waals surface area (Å²) in [5.74, 6) is -0.348. The van der Waals surface area contributed by atoms with Crippen LogP contribution in [0.2, 0.25) is 0 Å². The lowest BCUT2D eigenvalue weighted by Gasteiger charge is -2.08. The van der Waals surface area contributed by atoms with Gasteiger partial charge in [0.2, 0.25) is 0 Å². The topological polar surface area (TPSA) is 52.3 Å². The number of rotatable bonds is 5. The minimum atomic E-state index is -0.348. The van der Waals surface area contributed by atoms with E-state index >= 15 is 0 Å². The second-order valence-corrected chi connectivity index (χ2v) is 4.82. The van der Waals surface area contributed by atoms with Gasteiger partial charge in [-0.1, -0.05) is 42.0 Å². The predicted molar refractivity (Wildman–Crippen MR) is 80.6 cm³/mol. The third kappa shape index (κ3) is 3.85. The van der Waals surface area contributed by atoms with Crippen LogP contribution in [-0.4, -0.2) is 12.6 Å². The van der Waals surface area contributed by atoms with Crippen LogP contribution in [0.4, 0.5) is 5.69 Å². The molecule has 0 amide bonds. The number of carbonyl (C=O) groups is 1. The van der Waals surface area contributed by atoms with Gasteiger partial charge in [0.1, 0.15) is 0 Å². The molecule has 2 N–H and O–H groups in total. The van der Waals surface area contributed by atoms with Crippen LogP contribution in [0.15, 0.2) is 48.5 Å². The quantitative estimate of drug-likeness (QED) is 0.514. The lowest BCUT2D eigenvalue weighted by atomic mass is 10.1. The third-order valence-electron chi connectivity index (χ3n) is 3.11. The van der Waals surface area contributed by atoms with Crippen molar-refractivity contribution in [1.29, 1.82) is 0 Å². The zero-order valence-electron chi connectivity index (χ0n) is 11.6. The van der Waals surface area contributed by atoms with Crippen molar-refractivity contribution in [2.75, 3.05) is 12.3 Å². The van der Waals surface area contributed by atoms with Crippen LogP contribution >= 0.6 is 0 Å². The lowest BCUT2D eigenvalue weighted by Crippen LogP contribution is -2.10. The highest BCUT2D eigenvalue weighted by molar-refractivity contribution is 5.95. The average molecular weight is 269 g/mol. The Morgan fingerprint density at radius 3 is 2.65 bits per heavy atom. The summed E-state index contributed by atoms with van der Waals surface area (Å²) < 4.78 is 5.27. The highest BCUT2D eigenvalue weighted by Gasteiger charge is 2.10. The van der Waals surface area contributed by atoms with E-state index in [0.717, 1.165) is 18.4 Å². The molecule has 2 aromatic rings. The Morgan fingerprint density at radius 1 is 1.15 bits per heavy atom. The smallest absolute Gasteiger partial charge is 0.340 e. The van der Waals surface area contributed by atoms with Crippen molar-refractivity contribution >= 4 is 11.7 Å². The molecule has 0 spiro atoms. The fourth-order valence-corrected chi connectivity index (χ4v) is 2.01. The number of carbonyl (C=O) groups excluding carboxylic acids is 1. The van der Waals surface area contributed by atoms with Crippen molar-refractivity contribution < 1.29 is 9.53 Å². The Morgan fingerprint density at radius 2 is 1.90 bits per heavy atom. The molecule has 3 nitrogen and oxygen atoms in total. The van der Waals surface area contributed by atoms with E-state index in [9.17, 15) is 4.79 Å². The molecule has 0 aliphatic rings. The summed E-state index contributed by atoms with van der Waals surface area (Å²) in [6, 6.07) is 15.5. The van der Waals surface area contributed by atoms with Gasteiger partial charge in [0, 0.05) is 5.69 Å². The molecule has 0 bridgehead atoms. The molecule has 20 heavy (non-hydrogen) atoms. The molecule has 0 atom stereocenters. The van der Waals surface area contributed by atoms with E-state index in [-0.39, 0.29) is 5.97 Å². The molecule has 0 radical (unpaired) electrons. The molecule has 2 rings (SSSR count). The number of aryl methyl sites for hydroxylation is 2. The Kier molecular flexibility index (Phi) is 4.77. The van der Waals surface area contributed by atoms with Crippen molar-refractivity contribution in [3.8, 4) is 0 Å². The second kappa shape index (κ2) is 6.75. The fraction of sp³-hybridized carbons (Fsp3) is 0.235. The van der Waals surface area contributed by atoms with Crippen molar-refractivity contribution in [2.45, 2.75) is 19.8 Å². The number of benzene rings is 2. The first-order valence-electron chi connectivity index (χ1n) is 6.74. The standard InChI is InChI=1S/C17H19NO2/c1-13-9-10-16(18)15(12-13)17(19)20-11-5-8-14-6-3-2-4-7-14/h2-4,6-7,9-10,12H,5,8,11,18H2,1H3. The summed E-state index contributed by atoms with van der Waals surface area (Å²) in [6.45, 7) is 2.33. The Balaban J connectivity index is 1.82. The van der Waals surface area contributed by atoms with Gasteiger partial charge in [0.05, 0.1) is 12.2 Å². The van der Waals surface area contributed by atoms with Gasteiger partial charge < -0.3 is 10.5 Å². The molecular weight excluding hydrogens is 250 g/mol. The first-order chi connectivity index (χ1) is 9.66. The molecule has 0 heterocycles. The molecule has 0 aromatic heterocycles. The summed E-state index contributed by atoms with van der Waals surface area (Å²) in [6.07, 6.45) is 1.71.